The van der Waals surface area contributed by atoms with Gasteiger partial charge in [-0.2, -0.15) is 0 Å². The zero-order chi connectivity index (χ0) is 28.0. The minimum absolute atomic E-state index is 0.0389. The van der Waals surface area contributed by atoms with Crippen LogP contribution < -0.4 is 15.0 Å². The van der Waals surface area contributed by atoms with Gasteiger partial charge in [0, 0.05) is 58.5 Å². The summed E-state index contributed by atoms with van der Waals surface area (Å²) in [5.74, 6) is 1.25. The van der Waals surface area contributed by atoms with Crippen LogP contribution in [0, 0.1) is 20.8 Å². The number of anilines is 3. The van der Waals surface area contributed by atoms with Crippen molar-refractivity contribution >= 4 is 17.1 Å². The largest absolute Gasteiger partial charge is 0.456 e. The van der Waals surface area contributed by atoms with Crippen LogP contribution >= 0.6 is 0 Å². The van der Waals surface area contributed by atoms with Gasteiger partial charge in [-0.3, -0.25) is 0 Å². The van der Waals surface area contributed by atoms with E-state index in [0.29, 0.717) is 24.6 Å². The molecule has 0 aliphatic carbocycles. The minimum atomic E-state index is -1.10. The molecule has 206 valence electrons. The van der Waals surface area contributed by atoms with Crippen LogP contribution in [-0.4, -0.2) is 41.6 Å². The Hall–Kier alpha value is -3.88. The molecule has 7 nitrogen and oxygen atoms in total. The van der Waals surface area contributed by atoms with E-state index in [0.717, 1.165) is 50.4 Å². The maximum atomic E-state index is 11.1. The van der Waals surface area contributed by atoms with Crippen LogP contribution in [0.25, 0.3) is 0 Å². The normalized spacial score (nSPS) is 18.6. The summed E-state index contributed by atoms with van der Waals surface area (Å²) in [5, 5.41) is 33.9. The molecule has 0 saturated heterocycles. The molecule has 4 aromatic rings. The van der Waals surface area contributed by atoms with Crippen molar-refractivity contribution in [3.63, 3.8) is 0 Å². The molecule has 2 atom stereocenters. The Morgan fingerprint density at radius 2 is 1.50 bits per heavy atom. The molecule has 0 aromatic heterocycles. The highest BCUT2D eigenvalue weighted by Crippen LogP contribution is 2.59. The maximum Gasteiger partial charge on any atom is 0.183 e. The molecule has 2 unspecified atom stereocenters. The number of fused-ring (bicyclic) bond motifs is 6. The van der Waals surface area contributed by atoms with Crippen LogP contribution in [0.3, 0.4) is 0 Å². The van der Waals surface area contributed by atoms with Gasteiger partial charge >= 0.3 is 0 Å². The molecule has 40 heavy (non-hydrogen) atoms. The number of hydrogen-bond acceptors (Lipinski definition) is 7. The summed E-state index contributed by atoms with van der Waals surface area (Å²) in [6, 6.07) is 24.0. The first kappa shape index (κ1) is 26.3. The second-order valence-corrected chi connectivity index (χ2v) is 10.6. The van der Waals surface area contributed by atoms with Gasteiger partial charge in [-0.05, 0) is 62.2 Å². The van der Waals surface area contributed by atoms with Crippen LogP contribution in [0.1, 0.15) is 45.2 Å². The Bertz CT molecular complexity index is 1580. The Balaban J connectivity index is 1.54. The van der Waals surface area contributed by atoms with Crippen LogP contribution in [0.15, 0.2) is 72.8 Å². The predicted molar refractivity (Wildman–Crippen MR) is 156 cm³/mol. The van der Waals surface area contributed by atoms with Crippen molar-refractivity contribution in [1.29, 1.82) is 0 Å². The van der Waals surface area contributed by atoms with Gasteiger partial charge in [-0.25, -0.2) is 0 Å². The van der Waals surface area contributed by atoms with Gasteiger partial charge in [-0.1, -0.05) is 42.0 Å². The molecule has 0 amide bonds. The molecule has 2 heterocycles. The number of nitrogens with one attached hydrogen (secondary N) is 1. The van der Waals surface area contributed by atoms with Crippen LogP contribution in [0.4, 0.5) is 17.1 Å². The summed E-state index contributed by atoms with van der Waals surface area (Å²) in [7, 11) is 0. The molecule has 2 aliphatic rings. The summed E-state index contributed by atoms with van der Waals surface area (Å²) in [4.78, 5) is 1.91. The molecule has 7 heteroatoms. The lowest BCUT2D eigenvalue weighted by atomic mass is 9.77. The number of nitrogens with zero attached hydrogens (tertiary/aromatic N) is 1. The van der Waals surface area contributed by atoms with E-state index < -0.39 is 11.9 Å². The zero-order valence-electron chi connectivity index (χ0n) is 22.9. The van der Waals surface area contributed by atoms with E-state index in [4.69, 9.17) is 9.47 Å². The second-order valence-electron chi connectivity index (χ2n) is 10.6. The van der Waals surface area contributed by atoms with Gasteiger partial charge in [-0.15, -0.1) is 0 Å². The molecular formula is C33H34N2O5. The predicted octanol–water partition coefficient (Wildman–Crippen LogP) is 5.57. The molecule has 1 spiro atoms. The van der Waals surface area contributed by atoms with Crippen molar-refractivity contribution in [3.8, 4) is 11.5 Å². The minimum Gasteiger partial charge on any atom is -0.456 e. The summed E-state index contributed by atoms with van der Waals surface area (Å²) >= 11 is 0. The van der Waals surface area contributed by atoms with Crippen molar-refractivity contribution in [3.05, 3.63) is 112 Å². The van der Waals surface area contributed by atoms with E-state index in [1.165, 1.54) is 5.56 Å². The number of aliphatic hydroxyl groups is 3. The van der Waals surface area contributed by atoms with E-state index in [9.17, 15) is 15.3 Å². The summed E-state index contributed by atoms with van der Waals surface area (Å²) in [5.41, 5.74) is 8.19. The monoisotopic (exact) mass is 538 g/mol. The Kier molecular flexibility index (Phi) is 6.76. The van der Waals surface area contributed by atoms with Crippen molar-refractivity contribution in [1.82, 2.24) is 0 Å². The molecule has 6 rings (SSSR count). The van der Waals surface area contributed by atoms with E-state index in [1.54, 1.807) is 0 Å². The molecule has 4 aromatic carbocycles. The maximum absolute atomic E-state index is 11.1. The third kappa shape index (κ3) is 4.22. The van der Waals surface area contributed by atoms with E-state index in [-0.39, 0.29) is 13.2 Å². The van der Waals surface area contributed by atoms with Crippen LogP contribution in [0.5, 0.6) is 11.5 Å². The lowest BCUT2D eigenvalue weighted by Gasteiger charge is -2.38. The Morgan fingerprint density at radius 3 is 2.25 bits per heavy atom. The highest BCUT2D eigenvalue weighted by atomic mass is 16.6. The quantitative estimate of drug-likeness (QED) is 0.245. The SMILES string of the molecule is Cc1ccc(Nc2cc3c(cc2C)Oc2cc(N(CCO)CCO)ccc2C32OC(O)c3ccccc32)c(C)c1. The third-order valence-corrected chi connectivity index (χ3v) is 7.92. The van der Waals surface area contributed by atoms with Crippen molar-refractivity contribution in [2.45, 2.75) is 32.7 Å². The van der Waals surface area contributed by atoms with Crippen molar-refractivity contribution in [2.24, 2.45) is 0 Å². The lowest BCUT2D eigenvalue weighted by molar-refractivity contribution is -0.142. The first-order chi connectivity index (χ1) is 19.3. The standard InChI is InChI=1S/C33H34N2O5/c1-20-8-11-28(21(2)16-20)34-29-19-27-30(17-22(29)3)39-31-18-23(35(12-14-36)13-15-37)9-10-26(31)33(27)25-7-5-4-6-24(25)32(38)40-33/h4-11,16-19,32,34,36-38H,12-15H2,1-3H3. The fourth-order valence-electron chi connectivity index (χ4n) is 5.98. The average molecular weight is 539 g/mol. The number of aliphatic hydroxyl groups excluding tert-OH is 3. The van der Waals surface area contributed by atoms with Crippen LogP contribution in [0.2, 0.25) is 0 Å². The lowest BCUT2D eigenvalue weighted by Crippen LogP contribution is -2.34. The van der Waals surface area contributed by atoms with Gasteiger partial charge in [0.15, 0.2) is 11.9 Å². The molecule has 2 aliphatic heterocycles. The molecular weight excluding hydrogens is 504 g/mol. The van der Waals surface area contributed by atoms with Crippen molar-refractivity contribution in [2.75, 3.05) is 36.5 Å². The number of aryl methyl sites for hydroxylation is 3. The first-order valence-corrected chi connectivity index (χ1v) is 13.6. The zero-order valence-corrected chi connectivity index (χ0v) is 22.9. The summed E-state index contributed by atoms with van der Waals surface area (Å²) < 4.78 is 13.1. The highest BCUT2D eigenvalue weighted by molar-refractivity contribution is 5.74. The second kappa shape index (κ2) is 10.3. The molecule has 0 saturated carbocycles. The Morgan fingerprint density at radius 1 is 0.775 bits per heavy atom. The van der Waals surface area contributed by atoms with Crippen molar-refractivity contribution < 1.29 is 24.8 Å². The number of ether oxygens (including phenoxy) is 2. The van der Waals surface area contributed by atoms with E-state index in [2.05, 4.69) is 43.4 Å². The third-order valence-electron chi connectivity index (χ3n) is 7.92. The van der Waals surface area contributed by atoms with Gasteiger partial charge in [0.1, 0.15) is 11.5 Å². The summed E-state index contributed by atoms with van der Waals surface area (Å²) in [6.07, 6.45) is -1.10. The number of hydrogen-bond donors (Lipinski definition) is 4. The molecule has 4 N–H and O–H groups in total. The van der Waals surface area contributed by atoms with Gasteiger partial charge < -0.3 is 35.0 Å². The van der Waals surface area contributed by atoms with E-state index in [1.807, 2.05) is 60.4 Å². The van der Waals surface area contributed by atoms with Gasteiger partial charge in [0.05, 0.1) is 13.2 Å². The topological polar surface area (TPSA) is 94.4 Å². The summed E-state index contributed by atoms with van der Waals surface area (Å²) in [6.45, 7) is 6.89. The molecule has 0 radical (unpaired) electrons. The Labute approximate surface area is 234 Å². The fourth-order valence-corrected chi connectivity index (χ4v) is 5.98. The van der Waals surface area contributed by atoms with Crippen LogP contribution in [-0.2, 0) is 10.3 Å². The fraction of sp³-hybridized carbons (Fsp3) is 0.273. The molecule has 0 bridgehead atoms. The smallest absolute Gasteiger partial charge is 0.183 e. The number of benzene rings is 4. The van der Waals surface area contributed by atoms with Gasteiger partial charge in [0.25, 0.3) is 0 Å². The average Bonchev–Trinajstić information content (AvgIpc) is 3.23. The van der Waals surface area contributed by atoms with E-state index >= 15 is 0 Å². The molecule has 0 fully saturated rings. The first-order valence-electron chi connectivity index (χ1n) is 13.6. The highest BCUT2D eigenvalue weighted by Gasteiger charge is 2.52. The van der Waals surface area contributed by atoms with Gasteiger partial charge in [0.2, 0.25) is 0 Å². The number of rotatable bonds is 7.